The Bertz CT molecular complexity index is 503. The highest BCUT2D eigenvalue weighted by molar-refractivity contribution is 6.35. The number of hydrogen-bond donors (Lipinski definition) is 0. The highest BCUT2D eigenvalue weighted by Crippen LogP contribution is 2.26. The first-order chi connectivity index (χ1) is 7.08. The minimum atomic E-state index is 0.410. The molecule has 1 aromatic carbocycles. The molecule has 1 aromatic heterocycles. The van der Waals surface area contributed by atoms with E-state index in [1.165, 1.54) is 5.56 Å². The Labute approximate surface area is 95.1 Å². The van der Waals surface area contributed by atoms with Gasteiger partial charge in [0.25, 0.3) is 0 Å². The number of pyridine rings is 1. The number of hydrogen-bond acceptors (Lipinski definition) is 1. The van der Waals surface area contributed by atoms with Crippen molar-refractivity contribution in [3.05, 3.63) is 40.5 Å². The van der Waals surface area contributed by atoms with Crippen LogP contribution in [-0.4, -0.2) is 4.98 Å². The molecular weight excluding hydrogens is 206 g/mol. The molecule has 0 fully saturated rings. The van der Waals surface area contributed by atoms with Gasteiger partial charge in [-0.05, 0) is 31.0 Å². The Balaban J connectivity index is 2.73. The minimum Gasteiger partial charge on any atom is -0.252 e. The quantitative estimate of drug-likeness (QED) is 0.696. The van der Waals surface area contributed by atoms with E-state index in [4.69, 9.17) is 11.6 Å². The van der Waals surface area contributed by atoms with Gasteiger partial charge in [0.15, 0.2) is 0 Å². The first-order valence-electron chi connectivity index (χ1n) is 5.14. The van der Waals surface area contributed by atoms with Crippen LogP contribution in [0.5, 0.6) is 0 Å². The molecule has 78 valence electrons. The van der Waals surface area contributed by atoms with Gasteiger partial charge in [0.2, 0.25) is 0 Å². The number of aryl methyl sites for hydroxylation is 1. The van der Waals surface area contributed by atoms with Crippen molar-refractivity contribution in [2.24, 2.45) is 0 Å². The molecule has 1 heterocycles. The molecule has 0 N–H and O–H groups in total. The standard InChI is InChI=1S/C13H14ClN/c1-8(2)13-7-11(14)10-6-9(3)4-5-12(10)15-13/h4-8H,1-3H3. The highest BCUT2D eigenvalue weighted by atomic mass is 35.5. The number of rotatable bonds is 1. The smallest absolute Gasteiger partial charge is 0.0720 e. The lowest BCUT2D eigenvalue weighted by Gasteiger charge is -2.08. The monoisotopic (exact) mass is 219 g/mol. The summed E-state index contributed by atoms with van der Waals surface area (Å²) >= 11 is 6.24. The summed E-state index contributed by atoms with van der Waals surface area (Å²) in [6, 6.07) is 8.14. The predicted octanol–water partition coefficient (Wildman–Crippen LogP) is 4.32. The van der Waals surface area contributed by atoms with Crippen LogP contribution >= 0.6 is 11.6 Å². The maximum absolute atomic E-state index is 6.24. The van der Waals surface area contributed by atoms with Gasteiger partial charge in [0, 0.05) is 11.1 Å². The highest BCUT2D eigenvalue weighted by Gasteiger charge is 2.06. The molecule has 0 aliphatic heterocycles. The summed E-state index contributed by atoms with van der Waals surface area (Å²) in [6.45, 7) is 6.31. The molecule has 0 spiro atoms. The van der Waals surface area contributed by atoms with Gasteiger partial charge in [-0.25, -0.2) is 0 Å². The lowest BCUT2D eigenvalue weighted by molar-refractivity contribution is 0.830. The van der Waals surface area contributed by atoms with Gasteiger partial charge in [-0.15, -0.1) is 0 Å². The van der Waals surface area contributed by atoms with Gasteiger partial charge >= 0.3 is 0 Å². The first-order valence-corrected chi connectivity index (χ1v) is 5.52. The lowest BCUT2D eigenvalue weighted by Crippen LogP contribution is -1.93. The molecule has 2 rings (SSSR count). The van der Waals surface area contributed by atoms with Crippen LogP contribution in [0.3, 0.4) is 0 Å². The van der Waals surface area contributed by atoms with E-state index in [1.54, 1.807) is 0 Å². The van der Waals surface area contributed by atoms with Crippen molar-refractivity contribution in [2.75, 3.05) is 0 Å². The molecule has 0 radical (unpaired) electrons. The second-order valence-electron chi connectivity index (χ2n) is 4.20. The van der Waals surface area contributed by atoms with Crippen LogP contribution in [0.25, 0.3) is 10.9 Å². The van der Waals surface area contributed by atoms with Crippen molar-refractivity contribution in [2.45, 2.75) is 26.7 Å². The zero-order valence-electron chi connectivity index (χ0n) is 9.21. The average molecular weight is 220 g/mol. The Hall–Kier alpha value is -1.08. The van der Waals surface area contributed by atoms with Gasteiger partial charge < -0.3 is 0 Å². The fraction of sp³-hybridized carbons (Fsp3) is 0.308. The zero-order chi connectivity index (χ0) is 11.0. The van der Waals surface area contributed by atoms with Crippen molar-refractivity contribution >= 4 is 22.5 Å². The van der Waals surface area contributed by atoms with Crippen LogP contribution < -0.4 is 0 Å². The third-order valence-corrected chi connectivity index (χ3v) is 2.84. The van der Waals surface area contributed by atoms with E-state index in [1.807, 2.05) is 12.1 Å². The molecule has 15 heavy (non-hydrogen) atoms. The second kappa shape index (κ2) is 3.82. The average Bonchev–Trinajstić information content (AvgIpc) is 2.18. The SMILES string of the molecule is Cc1ccc2nc(C(C)C)cc(Cl)c2c1. The van der Waals surface area contributed by atoms with Crippen molar-refractivity contribution in [3.8, 4) is 0 Å². The molecule has 2 aromatic rings. The van der Waals surface area contributed by atoms with Gasteiger partial charge in [0.1, 0.15) is 0 Å². The van der Waals surface area contributed by atoms with E-state index < -0.39 is 0 Å². The molecule has 0 aliphatic carbocycles. The van der Waals surface area contributed by atoms with Crippen LogP contribution in [-0.2, 0) is 0 Å². The topological polar surface area (TPSA) is 12.9 Å². The van der Waals surface area contributed by atoms with E-state index in [0.29, 0.717) is 5.92 Å². The molecule has 0 atom stereocenters. The number of aromatic nitrogens is 1. The molecule has 1 nitrogen and oxygen atoms in total. The van der Waals surface area contributed by atoms with Crippen LogP contribution in [0, 0.1) is 6.92 Å². The maximum Gasteiger partial charge on any atom is 0.0720 e. The van der Waals surface area contributed by atoms with E-state index in [2.05, 4.69) is 37.9 Å². The number of benzene rings is 1. The third kappa shape index (κ3) is 1.98. The lowest BCUT2D eigenvalue weighted by atomic mass is 10.1. The number of fused-ring (bicyclic) bond motifs is 1. The van der Waals surface area contributed by atoms with Crippen LogP contribution in [0.1, 0.15) is 31.0 Å². The fourth-order valence-corrected chi connectivity index (χ4v) is 1.88. The maximum atomic E-state index is 6.24. The summed E-state index contributed by atoms with van der Waals surface area (Å²) in [6.07, 6.45) is 0. The van der Waals surface area contributed by atoms with Gasteiger partial charge in [0.05, 0.1) is 10.5 Å². The Morgan fingerprint density at radius 3 is 2.60 bits per heavy atom. The van der Waals surface area contributed by atoms with Crippen molar-refractivity contribution < 1.29 is 0 Å². The molecule has 0 saturated carbocycles. The predicted molar refractivity (Wildman–Crippen MR) is 65.6 cm³/mol. The Morgan fingerprint density at radius 1 is 1.20 bits per heavy atom. The summed E-state index contributed by atoms with van der Waals surface area (Å²) in [5.74, 6) is 0.410. The molecule has 0 aliphatic rings. The van der Waals surface area contributed by atoms with Crippen LogP contribution in [0.15, 0.2) is 24.3 Å². The third-order valence-electron chi connectivity index (χ3n) is 2.53. The summed E-state index contributed by atoms with van der Waals surface area (Å²) in [4.78, 5) is 4.59. The van der Waals surface area contributed by atoms with Gasteiger partial charge in [-0.1, -0.05) is 37.1 Å². The summed E-state index contributed by atoms with van der Waals surface area (Å²) < 4.78 is 0. The molecule has 2 heteroatoms. The van der Waals surface area contributed by atoms with E-state index in [0.717, 1.165) is 21.6 Å². The second-order valence-corrected chi connectivity index (χ2v) is 4.61. The Kier molecular flexibility index (Phi) is 2.66. The van der Waals surface area contributed by atoms with Gasteiger partial charge in [-0.2, -0.15) is 0 Å². The number of nitrogens with zero attached hydrogens (tertiary/aromatic N) is 1. The first kappa shape index (κ1) is 10.4. The number of halogens is 1. The summed E-state index contributed by atoms with van der Waals surface area (Å²) in [7, 11) is 0. The Morgan fingerprint density at radius 2 is 1.93 bits per heavy atom. The van der Waals surface area contributed by atoms with E-state index >= 15 is 0 Å². The van der Waals surface area contributed by atoms with Gasteiger partial charge in [-0.3, -0.25) is 4.98 Å². The summed E-state index contributed by atoms with van der Waals surface area (Å²) in [5, 5.41) is 1.84. The fourth-order valence-electron chi connectivity index (χ4n) is 1.61. The van der Waals surface area contributed by atoms with Crippen LogP contribution in [0.4, 0.5) is 0 Å². The molecule has 0 saturated heterocycles. The van der Waals surface area contributed by atoms with Crippen molar-refractivity contribution in [1.82, 2.24) is 4.98 Å². The van der Waals surface area contributed by atoms with Crippen molar-refractivity contribution in [1.29, 1.82) is 0 Å². The minimum absolute atomic E-state index is 0.410. The molecule has 0 bridgehead atoms. The summed E-state index contributed by atoms with van der Waals surface area (Å²) in [5.41, 5.74) is 3.25. The molecule has 0 amide bonds. The van der Waals surface area contributed by atoms with Crippen molar-refractivity contribution in [3.63, 3.8) is 0 Å². The molecular formula is C13H14ClN. The largest absolute Gasteiger partial charge is 0.252 e. The van der Waals surface area contributed by atoms with Crippen LogP contribution in [0.2, 0.25) is 5.02 Å². The zero-order valence-corrected chi connectivity index (χ0v) is 9.97. The van der Waals surface area contributed by atoms with E-state index in [9.17, 15) is 0 Å². The molecule has 0 unspecified atom stereocenters. The van der Waals surface area contributed by atoms with E-state index in [-0.39, 0.29) is 0 Å². The normalized spacial score (nSPS) is 11.3.